The molecule has 0 spiro atoms. The maximum atomic E-state index is 13.5. The summed E-state index contributed by atoms with van der Waals surface area (Å²) in [7, 11) is -1.87. The summed E-state index contributed by atoms with van der Waals surface area (Å²) in [6.45, 7) is 5.90. The van der Waals surface area contributed by atoms with E-state index in [0.717, 1.165) is 4.47 Å². The maximum Gasteiger partial charge on any atom is 0.186 e. The minimum atomic E-state index is -1.87. The molecule has 0 bridgehead atoms. The van der Waals surface area contributed by atoms with Crippen molar-refractivity contribution in [3.63, 3.8) is 0 Å². The lowest BCUT2D eigenvalue weighted by Crippen LogP contribution is -2.27. The van der Waals surface area contributed by atoms with Crippen LogP contribution in [0.1, 0.15) is 11.7 Å². The van der Waals surface area contributed by atoms with Gasteiger partial charge in [-0.05, 0) is 37.8 Å². The number of nitriles is 1. The highest BCUT2D eigenvalue weighted by molar-refractivity contribution is 9.10. The van der Waals surface area contributed by atoms with Crippen molar-refractivity contribution in [2.24, 2.45) is 0 Å². The summed E-state index contributed by atoms with van der Waals surface area (Å²) in [4.78, 5) is 0. The standard InChI is InChI=1S/C11H13BrFNOSi/c1-16(2,3)15-11(7-14)9-6-8(12)4-5-10(9)13/h4-6,11H,1-3H3/t11-/m1/s1. The molecule has 0 saturated heterocycles. The van der Waals surface area contributed by atoms with Crippen molar-refractivity contribution in [2.45, 2.75) is 25.7 Å². The van der Waals surface area contributed by atoms with E-state index in [4.69, 9.17) is 9.69 Å². The Hall–Kier alpha value is -0.703. The number of rotatable bonds is 3. The summed E-state index contributed by atoms with van der Waals surface area (Å²) in [5.74, 6) is -0.409. The van der Waals surface area contributed by atoms with Gasteiger partial charge in [-0.1, -0.05) is 15.9 Å². The van der Waals surface area contributed by atoms with Crippen molar-refractivity contribution in [3.8, 4) is 6.07 Å². The number of halogens is 2. The van der Waals surface area contributed by atoms with E-state index in [2.05, 4.69) is 15.9 Å². The van der Waals surface area contributed by atoms with Crippen LogP contribution in [0.5, 0.6) is 0 Å². The molecule has 0 radical (unpaired) electrons. The normalized spacial score (nSPS) is 13.2. The predicted octanol–water partition coefficient (Wildman–Crippen LogP) is 4.00. The average molecular weight is 302 g/mol. The molecule has 16 heavy (non-hydrogen) atoms. The third kappa shape index (κ3) is 3.70. The monoisotopic (exact) mass is 301 g/mol. The van der Waals surface area contributed by atoms with Crippen LogP contribution in [0.15, 0.2) is 22.7 Å². The van der Waals surface area contributed by atoms with Crippen LogP contribution in [0.3, 0.4) is 0 Å². The molecule has 0 fully saturated rings. The summed E-state index contributed by atoms with van der Waals surface area (Å²) in [5.41, 5.74) is 0.291. The summed E-state index contributed by atoms with van der Waals surface area (Å²) in [6.07, 6.45) is -0.829. The van der Waals surface area contributed by atoms with E-state index >= 15 is 0 Å². The molecule has 5 heteroatoms. The fourth-order valence-electron chi connectivity index (χ4n) is 1.23. The average Bonchev–Trinajstić information content (AvgIpc) is 2.17. The first kappa shape index (κ1) is 13.4. The molecule has 0 amide bonds. The highest BCUT2D eigenvalue weighted by atomic mass is 79.9. The van der Waals surface area contributed by atoms with Crippen LogP contribution in [0.4, 0.5) is 4.39 Å². The first-order valence-corrected chi connectivity index (χ1v) is 9.06. The first-order valence-electron chi connectivity index (χ1n) is 4.86. The van der Waals surface area contributed by atoms with E-state index in [0.29, 0.717) is 5.56 Å². The van der Waals surface area contributed by atoms with E-state index in [1.165, 1.54) is 6.07 Å². The van der Waals surface area contributed by atoms with Crippen LogP contribution >= 0.6 is 15.9 Å². The molecule has 0 aromatic heterocycles. The molecule has 0 aliphatic carbocycles. The quantitative estimate of drug-likeness (QED) is 0.791. The summed E-state index contributed by atoms with van der Waals surface area (Å²) in [6, 6.07) is 6.51. The Labute approximate surface area is 104 Å². The molecule has 0 unspecified atom stereocenters. The third-order valence-electron chi connectivity index (χ3n) is 1.83. The number of hydrogen-bond donors (Lipinski definition) is 0. The van der Waals surface area contributed by atoms with Gasteiger partial charge in [0.15, 0.2) is 14.4 Å². The highest BCUT2D eigenvalue weighted by Gasteiger charge is 2.24. The number of hydrogen-bond acceptors (Lipinski definition) is 2. The largest absolute Gasteiger partial charge is 0.399 e. The summed E-state index contributed by atoms with van der Waals surface area (Å²) < 4.78 is 19.9. The molecule has 1 atom stereocenters. The van der Waals surface area contributed by atoms with Gasteiger partial charge < -0.3 is 4.43 Å². The zero-order valence-corrected chi connectivity index (χ0v) is 12.0. The summed E-state index contributed by atoms with van der Waals surface area (Å²) in [5, 5.41) is 9.02. The smallest absolute Gasteiger partial charge is 0.186 e. The van der Waals surface area contributed by atoms with Crippen LogP contribution < -0.4 is 0 Å². The van der Waals surface area contributed by atoms with Crippen LogP contribution in [-0.4, -0.2) is 8.32 Å². The lowest BCUT2D eigenvalue weighted by Gasteiger charge is -2.22. The van der Waals surface area contributed by atoms with Crippen molar-refractivity contribution in [2.75, 3.05) is 0 Å². The minimum Gasteiger partial charge on any atom is -0.399 e. The number of benzene rings is 1. The molecular weight excluding hydrogens is 289 g/mol. The maximum absolute atomic E-state index is 13.5. The van der Waals surface area contributed by atoms with Crippen LogP contribution in [0, 0.1) is 17.1 Å². The Morgan fingerprint density at radius 3 is 2.56 bits per heavy atom. The molecule has 0 N–H and O–H groups in total. The zero-order chi connectivity index (χ0) is 12.3. The molecule has 1 aromatic carbocycles. The van der Waals surface area contributed by atoms with Crippen molar-refractivity contribution >= 4 is 24.2 Å². The van der Waals surface area contributed by atoms with Gasteiger partial charge in [0.05, 0.1) is 6.07 Å². The van der Waals surface area contributed by atoms with Crippen molar-refractivity contribution in [3.05, 3.63) is 34.1 Å². The predicted molar refractivity (Wildman–Crippen MR) is 66.9 cm³/mol. The molecule has 2 nitrogen and oxygen atoms in total. The molecule has 0 saturated carbocycles. The van der Waals surface area contributed by atoms with Crippen molar-refractivity contribution in [1.82, 2.24) is 0 Å². The third-order valence-corrected chi connectivity index (χ3v) is 3.27. The second kappa shape index (κ2) is 5.08. The van der Waals surface area contributed by atoms with Gasteiger partial charge in [-0.15, -0.1) is 0 Å². The molecule has 0 aliphatic heterocycles. The Balaban J connectivity index is 3.05. The highest BCUT2D eigenvalue weighted by Crippen LogP contribution is 2.26. The fraction of sp³-hybridized carbons (Fsp3) is 0.364. The molecule has 0 aliphatic rings. The van der Waals surface area contributed by atoms with E-state index in [1.54, 1.807) is 12.1 Å². The SMILES string of the molecule is C[Si](C)(C)O[C@H](C#N)c1cc(Br)ccc1F. The van der Waals surface area contributed by atoms with Crippen LogP contribution in [-0.2, 0) is 4.43 Å². The topological polar surface area (TPSA) is 33.0 Å². The number of nitrogens with zero attached hydrogens (tertiary/aromatic N) is 1. The first-order chi connectivity index (χ1) is 7.33. The van der Waals surface area contributed by atoms with Gasteiger partial charge in [-0.2, -0.15) is 5.26 Å². The van der Waals surface area contributed by atoms with Crippen LogP contribution in [0.2, 0.25) is 19.6 Å². The van der Waals surface area contributed by atoms with Gasteiger partial charge in [-0.3, -0.25) is 0 Å². The van der Waals surface area contributed by atoms with E-state index < -0.39 is 20.2 Å². The zero-order valence-electron chi connectivity index (χ0n) is 9.42. The second-order valence-corrected chi connectivity index (χ2v) is 9.78. The van der Waals surface area contributed by atoms with E-state index in [1.807, 2.05) is 25.7 Å². The Bertz CT molecular complexity index is 425. The fourth-order valence-corrected chi connectivity index (χ4v) is 2.49. The summed E-state index contributed by atoms with van der Waals surface area (Å²) >= 11 is 3.25. The minimum absolute atomic E-state index is 0.291. The van der Waals surface area contributed by atoms with Gasteiger partial charge in [0.1, 0.15) is 5.82 Å². The van der Waals surface area contributed by atoms with Gasteiger partial charge in [0.2, 0.25) is 0 Å². The molecule has 86 valence electrons. The van der Waals surface area contributed by atoms with Crippen molar-refractivity contribution in [1.29, 1.82) is 5.26 Å². The van der Waals surface area contributed by atoms with Crippen molar-refractivity contribution < 1.29 is 8.82 Å². The second-order valence-electron chi connectivity index (χ2n) is 4.41. The van der Waals surface area contributed by atoms with Gasteiger partial charge in [0, 0.05) is 10.0 Å². The van der Waals surface area contributed by atoms with E-state index in [-0.39, 0.29) is 0 Å². The van der Waals surface area contributed by atoms with E-state index in [9.17, 15) is 4.39 Å². The van der Waals surface area contributed by atoms with Gasteiger partial charge in [-0.25, -0.2) is 4.39 Å². The Morgan fingerprint density at radius 2 is 2.06 bits per heavy atom. The van der Waals surface area contributed by atoms with Gasteiger partial charge >= 0.3 is 0 Å². The molecule has 0 heterocycles. The molecular formula is C11H13BrFNOSi. The van der Waals surface area contributed by atoms with Crippen LogP contribution in [0.25, 0.3) is 0 Å². The lowest BCUT2D eigenvalue weighted by molar-refractivity contribution is 0.249. The molecule has 1 rings (SSSR count). The Morgan fingerprint density at radius 1 is 1.44 bits per heavy atom. The van der Waals surface area contributed by atoms with Gasteiger partial charge in [0.25, 0.3) is 0 Å². The molecule has 1 aromatic rings. The Kier molecular flexibility index (Phi) is 4.25. The lowest BCUT2D eigenvalue weighted by atomic mass is 10.1.